The summed E-state index contributed by atoms with van der Waals surface area (Å²) in [6, 6.07) is 13.8. The van der Waals surface area contributed by atoms with Gasteiger partial charge in [0.2, 0.25) is 0 Å². The van der Waals surface area contributed by atoms with Crippen molar-refractivity contribution in [1.29, 1.82) is 0 Å². The van der Waals surface area contributed by atoms with E-state index in [4.69, 9.17) is 4.74 Å². The van der Waals surface area contributed by atoms with Crippen molar-refractivity contribution in [3.63, 3.8) is 0 Å². The zero-order chi connectivity index (χ0) is 29.4. The largest absolute Gasteiger partial charge is 0.414 e. The molecule has 0 spiro atoms. The fourth-order valence-corrected chi connectivity index (χ4v) is 5.63. The first-order chi connectivity index (χ1) is 19.7. The third-order valence-electron chi connectivity index (χ3n) is 5.82. The molecule has 0 saturated carbocycles. The molecule has 1 atom stereocenters. The van der Waals surface area contributed by atoms with Crippen LogP contribution in [0.15, 0.2) is 76.2 Å². The number of halogens is 1. The lowest BCUT2D eigenvalue weighted by Gasteiger charge is -2.28. The molecule has 214 valence electrons. The first-order valence-corrected chi connectivity index (χ1v) is 14.3. The van der Waals surface area contributed by atoms with Crippen LogP contribution < -0.4 is 15.4 Å². The Hall–Kier alpha value is -4.07. The number of ether oxygens (including phenoxy) is 1. The maximum Gasteiger partial charge on any atom is 0.414 e. The van der Waals surface area contributed by atoms with E-state index in [9.17, 15) is 14.7 Å². The van der Waals surface area contributed by atoms with E-state index >= 15 is 4.39 Å². The molecule has 0 fully saturated rings. The number of hydrogen-bond acceptors (Lipinski definition) is 10. The number of rotatable bonds is 11. The molecule has 4 rings (SSSR count). The third kappa shape index (κ3) is 7.78. The van der Waals surface area contributed by atoms with Crippen LogP contribution >= 0.6 is 23.1 Å². The Bertz CT molecular complexity index is 1490. The summed E-state index contributed by atoms with van der Waals surface area (Å²) in [7, 11) is 3.16. The number of thiazole rings is 1. The topological polar surface area (TPSA) is 130 Å². The van der Waals surface area contributed by atoms with Crippen molar-refractivity contribution in [2.75, 3.05) is 26.0 Å². The van der Waals surface area contributed by atoms with Crippen LogP contribution in [0.3, 0.4) is 0 Å². The predicted octanol–water partition coefficient (Wildman–Crippen LogP) is 5.45. The van der Waals surface area contributed by atoms with Crippen LogP contribution in [0.1, 0.15) is 35.8 Å². The van der Waals surface area contributed by atoms with E-state index in [0.717, 1.165) is 11.8 Å². The van der Waals surface area contributed by atoms with E-state index in [0.29, 0.717) is 39.3 Å². The van der Waals surface area contributed by atoms with Gasteiger partial charge in [0.25, 0.3) is 5.91 Å². The molecule has 0 aliphatic heterocycles. The maximum absolute atomic E-state index is 15.3. The number of benzene rings is 1. The molecular formula is C28H29FN6O4S2. The lowest BCUT2D eigenvalue weighted by atomic mass is 9.89. The molecule has 41 heavy (non-hydrogen) atoms. The molecule has 13 heteroatoms. The van der Waals surface area contributed by atoms with Crippen LogP contribution in [0.2, 0.25) is 0 Å². The fraction of sp³-hybridized carbons (Fsp3) is 0.250. The van der Waals surface area contributed by atoms with E-state index < -0.39 is 23.4 Å². The van der Waals surface area contributed by atoms with Gasteiger partial charge >= 0.3 is 6.09 Å². The number of nitrogens with zero attached hydrogens (tertiary/aromatic N) is 4. The van der Waals surface area contributed by atoms with Gasteiger partial charge in [-0.3, -0.25) is 4.79 Å². The Morgan fingerprint density at radius 1 is 1.10 bits per heavy atom. The van der Waals surface area contributed by atoms with Crippen LogP contribution in [0, 0.1) is 5.82 Å². The molecule has 0 bridgehead atoms. The molecule has 1 unspecified atom stereocenters. The Labute approximate surface area is 245 Å². The Morgan fingerprint density at radius 2 is 1.88 bits per heavy atom. The van der Waals surface area contributed by atoms with Crippen LogP contribution in [-0.2, 0) is 5.60 Å². The highest BCUT2D eigenvalue weighted by atomic mass is 32.2. The van der Waals surface area contributed by atoms with Crippen molar-refractivity contribution in [2.24, 2.45) is 0 Å². The van der Waals surface area contributed by atoms with Gasteiger partial charge in [-0.25, -0.2) is 24.1 Å². The molecule has 3 aromatic heterocycles. The van der Waals surface area contributed by atoms with Crippen molar-refractivity contribution in [1.82, 2.24) is 25.2 Å². The minimum atomic E-state index is -1.29. The number of aromatic nitrogens is 3. The van der Waals surface area contributed by atoms with Crippen molar-refractivity contribution in [3.05, 3.63) is 84.2 Å². The van der Waals surface area contributed by atoms with Gasteiger partial charge in [-0.1, -0.05) is 66.8 Å². The summed E-state index contributed by atoms with van der Waals surface area (Å²) < 4.78 is 21.2. The summed E-state index contributed by atoms with van der Waals surface area (Å²) in [5, 5.41) is 17.4. The Balaban J connectivity index is 1.39. The van der Waals surface area contributed by atoms with Gasteiger partial charge in [0.05, 0.1) is 28.0 Å². The quantitative estimate of drug-likeness (QED) is 0.207. The summed E-state index contributed by atoms with van der Waals surface area (Å²) >= 11 is 2.38. The van der Waals surface area contributed by atoms with Crippen LogP contribution in [0.4, 0.5) is 20.1 Å². The monoisotopic (exact) mass is 596 g/mol. The normalized spacial score (nSPS) is 12.3. The lowest BCUT2D eigenvalue weighted by molar-refractivity contribution is 0.0260. The van der Waals surface area contributed by atoms with Gasteiger partial charge in [-0.15, -0.1) is 0 Å². The fourth-order valence-electron chi connectivity index (χ4n) is 3.76. The molecule has 10 nitrogen and oxygen atoms in total. The number of amides is 2. The first kappa shape index (κ1) is 29.9. The summed E-state index contributed by atoms with van der Waals surface area (Å²) in [5.74, 6) is -0.699. The minimum absolute atomic E-state index is 0.0842. The molecule has 2 amide bonds. The first-order valence-electron chi connectivity index (χ1n) is 12.6. The third-order valence-corrected chi connectivity index (χ3v) is 7.87. The maximum atomic E-state index is 15.3. The average molecular weight is 597 g/mol. The van der Waals surface area contributed by atoms with Gasteiger partial charge in [-0.05, 0) is 30.2 Å². The molecule has 0 saturated heterocycles. The number of nitrogens with one attached hydrogen (secondary N) is 2. The van der Waals surface area contributed by atoms with Crippen molar-refractivity contribution in [2.45, 2.75) is 34.5 Å². The highest BCUT2D eigenvalue weighted by Crippen LogP contribution is 2.36. The standard InChI is InChI=1S/C28H29FN6O4S2/c1-4-13-28(38,18-8-6-5-7-9-18)17-33-25(36)24-23(29)20(12-14-30-24)40-22-16-32-26(41-22)34-21-11-10-19(15-31-21)39-27(37)35(2)3/h5-12,14-16,38H,4,13,17H2,1-3H3,(H,33,36)(H,31,32,34). The van der Waals surface area contributed by atoms with Crippen molar-refractivity contribution < 1.29 is 23.8 Å². The summed E-state index contributed by atoms with van der Waals surface area (Å²) in [4.78, 5) is 38.5. The lowest BCUT2D eigenvalue weighted by Crippen LogP contribution is -2.41. The predicted molar refractivity (Wildman–Crippen MR) is 155 cm³/mol. The summed E-state index contributed by atoms with van der Waals surface area (Å²) in [6.45, 7) is 1.86. The highest BCUT2D eigenvalue weighted by Gasteiger charge is 2.30. The van der Waals surface area contributed by atoms with Crippen molar-refractivity contribution >= 4 is 46.0 Å². The zero-order valence-corrected chi connectivity index (χ0v) is 24.3. The number of pyridine rings is 2. The molecule has 1 aromatic carbocycles. The highest BCUT2D eigenvalue weighted by molar-refractivity contribution is 8.01. The van der Waals surface area contributed by atoms with E-state index in [1.807, 2.05) is 25.1 Å². The van der Waals surface area contributed by atoms with Crippen LogP contribution in [0.25, 0.3) is 0 Å². The summed E-state index contributed by atoms with van der Waals surface area (Å²) in [6.07, 6.45) is 4.96. The Kier molecular flexibility index (Phi) is 9.86. The molecule has 4 aromatic rings. The molecule has 0 radical (unpaired) electrons. The average Bonchev–Trinajstić information content (AvgIpc) is 3.41. The van der Waals surface area contributed by atoms with Gasteiger partial charge in [0, 0.05) is 20.3 Å². The second-order valence-electron chi connectivity index (χ2n) is 9.16. The second-order valence-corrected chi connectivity index (χ2v) is 11.5. The van der Waals surface area contributed by atoms with E-state index in [1.165, 1.54) is 34.7 Å². The van der Waals surface area contributed by atoms with Crippen LogP contribution in [-0.4, -0.2) is 57.6 Å². The van der Waals surface area contributed by atoms with Gasteiger partial charge in [-0.2, -0.15) is 0 Å². The number of carbonyl (C=O) groups is 2. The molecular weight excluding hydrogens is 567 g/mol. The molecule has 3 N–H and O–H groups in total. The van der Waals surface area contributed by atoms with Gasteiger partial charge in [0.15, 0.2) is 22.4 Å². The smallest absolute Gasteiger partial charge is 0.409 e. The van der Waals surface area contributed by atoms with Gasteiger partial charge < -0.3 is 25.4 Å². The number of anilines is 2. The number of aliphatic hydroxyl groups is 1. The van der Waals surface area contributed by atoms with Gasteiger partial charge in [0.1, 0.15) is 11.4 Å². The van der Waals surface area contributed by atoms with Crippen molar-refractivity contribution in [3.8, 4) is 5.75 Å². The zero-order valence-electron chi connectivity index (χ0n) is 22.6. The summed E-state index contributed by atoms with van der Waals surface area (Å²) in [5.41, 5.74) is -0.968. The molecule has 0 aliphatic rings. The minimum Gasteiger partial charge on any atom is -0.409 e. The van der Waals surface area contributed by atoms with E-state index in [2.05, 4.69) is 25.6 Å². The van der Waals surface area contributed by atoms with E-state index in [-0.39, 0.29) is 17.1 Å². The number of carbonyl (C=O) groups excluding carboxylic acids is 2. The number of hydrogen-bond donors (Lipinski definition) is 3. The Morgan fingerprint density at radius 3 is 2.56 bits per heavy atom. The second kappa shape index (κ2) is 13.5. The van der Waals surface area contributed by atoms with Crippen LogP contribution in [0.5, 0.6) is 5.75 Å². The SMILES string of the molecule is CCCC(O)(CNC(=O)c1nccc(Sc2cnc(Nc3ccc(OC(=O)N(C)C)cn3)s2)c1F)c1ccccc1. The molecule has 0 aliphatic carbocycles. The van der Waals surface area contributed by atoms with E-state index in [1.54, 1.807) is 44.6 Å². The molecule has 3 heterocycles.